The van der Waals surface area contributed by atoms with Gasteiger partial charge in [-0.15, -0.1) is 0 Å². The monoisotopic (exact) mass is 419 g/mol. The van der Waals surface area contributed by atoms with Crippen LogP contribution in [0, 0.1) is 20.8 Å². The molecule has 162 valence electrons. The predicted molar refractivity (Wildman–Crippen MR) is 122 cm³/mol. The fourth-order valence-corrected chi connectivity index (χ4v) is 3.97. The van der Waals surface area contributed by atoms with Gasteiger partial charge in [-0.1, -0.05) is 36.4 Å². The van der Waals surface area contributed by atoms with Crippen LogP contribution < -0.4 is 5.32 Å². The Hall–Kier alpha value is -2.96. The Labute approximate surface area is 183 Å². The van der Waals surface area contributed by atoms with Crippen molar-refractivity contribution in [1.82, 2.24) is 9.80 Å². The van der Waals surface area contributed by atoms with Gasteiger partial charge in [0.1, 0.15) is 5.70 Å². The van der Waals surface area contributed by atoms with E-state index >= 15 is 0 Å². The van der Waals surface area contributed by atoms with Gasteiger partial charge in [0.2, 0.25) is 0 Å². The molecule has 2 heterocycles. The maximum absolute atomic E-state index is 13.4. The van der Waals surface area contributed by atoms with Crippen molar-refractivity contribution in [2.45, 2.75) is 20.8 Å². The second-order valence-electron chi connectivity index (χ2n) is 8.20. The molecule has 0 saturated carbocycles. The van der Waals surface area contributed by atoms with Crippen LogP contribution in [0.25, 0.3) is 5.57 Å². The van der Waals surface area contributed by atoms with E-state index in [4.69, 9.17) is 4.74 Å². The van der Waals surface area contributed by atoms with Crippen LogP contribution in [0.1, 0.15) is 22.3 Å². The summed E-state index contributed by atoms with van der Waals surface area (Å²) in [7, 11) is 0. The van der Waals surface area contributed by atoms with Gasteiger partial charge >= 0.3 is 0 Å². The Kier molecular flexibility index (Phi) is 6.20. The summed E-state index contributed by atoms with van der Waals surface area (Å²) in [5.41, 5.74) is 5.65. The molecule has 0 atom stereocenters. The van der Waals surface area contributed by atoms with Crippen LogP contribution in [0.4, 0.5) is 5.69 Å². The van der Waals surface area contributed by atoms with E-state index in [1.54, 1.807) is 0 Å². The molecule has 2 aromatic rings. The Morgan fingerprint density at radius 1 is 0.871 bits per heavy atom. The van der Waals surface area contributed by atoms with E-state index in [-0.39, 0.29) is 11.8 Å². The molecule has 6 heteroatoms. The molecule has 2 amide bonds. The number of nitrogens with zero attached hydrogens (tertiary/aromatic N) is 2. The van der Waals surface area contributed by atoms with Gasteiger partial charge in [-0.05, 0) is 49.1 Å². The van der Waals surface area contributed by atoms with Crippen molar-refractivity contribution in [3.8, 4) is 0 Å². The smallest absolute Gasteiger partial charge is 0.278 e. The Balaban J connectivity index is 1.66. The maximum atomic E-state index is 13.4. The molecule has 31 heavy (non-hydrogen) atoms. The average Bonchev–Trinajstić information content (AvgIpc) is 3.00. The highest BCUT2D eigenvalue weighted by Crippen LogP contribution is 2.32. The van der Waals surface area contributed by atoms with Crippen LogP contribution in [0.5, 0.6) is 0 Å². The number of para-hydroxylation sites is 1. The fourth-order valence-electron chi connectivity index (χ4n) is 3.97. The van der Waals surface area contributed by atoms with Crippen molar-refractivity contribution in [1.29, 1.82) is 0 Å². The molecular formula is C25H29N3O3. The first-order valence-electron chi connectivity index (χ1n) is 10.8. The summed E-state index contributed by atoms with van der Waals surface area (Å²) in [5.74, 6) is -0.507. The lowest BCUT2D eigenvalue weighted by atomic mass is 9.99. The quantitative estimate of drug-likeness (QED) is 0.729. The zero-order chi connectivity index (χ0) is 22.0. The number of benzene rings is 2. The van der Waals surface area contributed by atoms with Crippen LogP contribution in [0.2, 0.25) is 0 Å². The maximum Gasteiger partial charge on any atom is 0.278 e. The molecule has 1 fully saturated rings. The van der Waals surface area contributed by atoms with Crippen LogP contribution in [0.3, 0.4) is 0 Å². The van der Waals surface area contributed by atoms with Crippen molar-refractivity contribution in [2.24, 2.45) is 0 Å². The molecule has 0 bridgehead atoms. The van der Waals surface area contributed by atoms with E-state index in [2.05, 4.69) is 10.2 Å². The molecule has 0 spiro atoms. The first-order chi connectivity index (χ1) is 15.0. The van der Waals surface area contributed by atoms with Gasteiger partial charge in [-0.3, -0.25) is 19.4 Å². The van der Waals surface area contributed by atoms with Gasteiger partial charge in [0.25, 0.3) is 11.8 Å². The standard InChI is InChI=1S/C25H29N3O3/c1-17-8-9-20(16-19(17)3)22-23(26-21-7-5-4-6-18(21)2)25(30)28(24(22)29)11-10-27-12-14-31-15-13-27/h4-9,16,26H,10-15H2,1-3H3. The summed E-state index contributed by atoms with van der Waals surface area (Å²) in [4.78, 5) is 30.4. The number of hydrogen-bond donors (Lipinski definition) is 1. The van der Waals surface area contributed by atoms with Crippen molar-refractivity contribution in [3.63, 3.8) is 0 Å². The molecule has 2 aromatic carbocycles. The first kappa shape index (κ1) is 21.3. The number of rotatable bonds is 6. The number of carbonyl (C=O) groups excluding carboxylic acids is 2. The van der Waals surface area contributed by atoms with Crippen molar-refractivity contribution < 1.29 is 14.3 Å². The molecule has 2 aliphatic heterocycles. The molecule has 6 nitrogen and oxygen atoms in total. The van der Waals surface area contributed by atoms with Gasteiger partial charge < -0.3 is 10.1 Å². The summed E-state index contributed by atoms with van der Waals surface area (Å²) < 4.78 is 5.40. The largest absolute Gasteiger partial charge is 0.379 e. The predicted octanol–water partition coefficient (Wildman–Crippen LogP) is 3.14. The number of nitrogens with one attached hydrogen (secondary N) is 1. The van der Waals surface area contributed by atoms with E-state index in [1.165, 1.54) is 4.90 Å². The number of aryl methyl sites for hydroxylation is 3. The normalized spacial score (nSPS) is 17.6. The zero-order valence-electron chi connectivity index (χ0n) is 18.4. The van der Waals surface area contributed by atoms with E-state index in [0.717, 1.165) is 41.0 Å². The zero-order valence-corrected chi connectivity index (χ0v) is 18.4. The highest BCUT2D eigenvalue weighted by atomic mass is 16.5. The number of anilines is 1. The molecule has 0 aliphatic carbocycles. The molecule has 4 rings (SSSR count). The number of carbonyl (C=O) groups is 2. The van der Waals surface area contributed by atoms with E-state index in [9.17, 15) is 9.59 Å². The first-order valence-corrected chi connectivity index (χ1v) is 10.8. The van der Waals surface area contributed by atoms with Gasteiger partial charge in [0.15, 0.2) is 0 Å². The van der Waals surface area contributed by atoms with Crippen LogP contribution in [-0.4, -0.2) is 61.0 Å². The summed E-state index contributed by atoms with van der Waals surface area (Å²) in [6.45, 7) is 10.1. The molecule has 1 saturated heterocycles. The minimum atomic E-state index is -0.269. The Bertz CT molecular complexity index is 1040. The third-order valence-electron chi connectivity index (χ3n) is 6.11. The molecular weight excluding hydrogens is 390 g/mol. The summed E-state index contributed by atoms with van der Waals surface area (Å²) in [6.07, 6.45) is 0. The van der Waals surface area contributed by atoms with Crippen molar-refractivity contribution in [3.05, 3.63) is 70.4 Å². The number of imide groups is 1. The van der Waals surface area contributed by atoms with E-state index in [1.807, 2.05) is 63.2 Å². The highest BCUT2D eigenvalue weighted by Gasteiger charge is 2.39. The average molecular weight is 420 g/mol. The van der Waals surface area contributed by atoms with Gasteiger partial charge in [-0.2, -0.15) is 0 Å². The van der Waals surface area contributed by atoms with E-state index < -0.39 is 0 Å². The van der Waals surface area contributed by atoms with Crippen LogP contribution in [-0.2, 0) is 14.3 Å². The number of morpholine rings is 1. The number of amides is 2. The van der Waals surface area contributed by atoms with Gasteiger partial charge in [0.05, 0.1) is 18.8 Å². The minimum Gasteiger partial charge on any atom is -0.379 e. The lowest BCUT2D eigenvalue weighted by molar-refractivity contribution is -0.137. The second kappa shape index (κ2) is 9.04. The van der Waals surface area contributed by atoms with Gasteiger partial charge in [0, 0.05) is 31.9 Å². The fraction of sp³-hybridized carbons (Fsp3) is 0.360. The van der Waals surface area contributed by atoms with Crippen LogP contribution in [0.15, 0.2) is 48.2 Å². The summed E-state index contributed by atoms with van der Waals surface area (Å²) in [6, 6.07) is 13.7. The van der Waals surface area contributed by atoms with Crippen LogP contribution >= 0.6 is 0 Å². The SMILES string of the molecule is Cc1ccc(C2=C(Nc3ccccc3C)C(=O)N(CCN3CCOCC3)C2=O)cc1C. The highest BCUT2D eigenvalue weighted by molar-refractivity contribution is 6.36. The summed E-state index contributed by atoms with van der Waals surface area (Å²) in [5, 5.41) is 3.27. The lowest BCUT2D eigenvalue weighted by Crippen LogP contribution is -2.43. The van der Waals surface area contributed by atoms with Crippen molar-refractivity contribution >= 4 is 23.1 Å². The minimum absolute atomic E-state index is 0.238. The third-order valence-corrected chi connectivity index (χ3v) is 6.11. The molecule has 0 aromatic heterocycles. The molecule has 0 radical (unpaired) electrons. The second-order valence-corrected chi connectivity index (χ2v) is 8.20. The Morgan fingerprint density at radius 3 is 2.32 bits per heavy atom. The molecule has 2 aliphatic rings. The van der Waals surface area contributed by atoms with Gasteiger partial charge in [-0.25, -0.2) is 0 Å². The summed E-state index contributed by atoms with van der Waals surface area (Å²) >= 11 is 0. The molecule has 1 N–H and O–H groups in total. The topological polar surface area (TPSA) is 61.9 Å². The molecule has 0 unspecified atom stereocenters. The number of hydrogen-bond acceptors (Lipinski definition) is 5. The lowest BCUT2D eigenvalue weighted by Gasteiger charge is -2.28. The Morgan fingerprint density at radius 2 is 1.61 bits per heavy atom. The third kappa shape index (κ3) is 4.40. The number of ether oxygens (including phenoxy) is 1. The van der Waals surface area contributed by atoms with Crippen molar-refractivity contribution in [2.75, 3.05) is 44.7 Å². The van der Waals surface area contributed by atoms with E-state index in [0.29, 0.717) is 37.6 Å².